The second kappa shape index (κ2) is 20.9. The quantitative estimate of drug-likeness (QED) is 0.120. The van der Waals surface area contributed by atoms with E-state index in [1.807, 2.05) is 0 Å². The van der Waals surface area contributed by atoms with Crippen molar-refractivity contribution in [1.29, 1.82) is 0 Å². The molecule has 0 N–H and O–H groups in total. The molecule has 6 heteroatoms. The van der Waals surface area contributed by atoms with E-state index in [1.54, 1.807) is 0 Å². The summed E-state index contributed by atoms with van der Waals surface area (Å²) in [4.78, 5) is 33.8. The van der Waals surface area contributed by atoms with Gasteiger partial charge in [-0.1, -0.05) is 62.6 Å². The van der Waals surface area contributed by atoms with Gasteiger partial charge in [0.2, 0.25) is 0 Å². The van der Waals surface area contributed by atoms with Crippen LogP contribution >= 0.6 is 0 Å². The van der Waals surface area contributed by atoms with Crippen molar-refractivity contribution in [2.24, 2.45) is 0 Å². The van der Waals surface area contributed by atoms with Crippen molar-refractivity contribution in [1.82, 2.24) is 0 Å². The molecule has 0 atom stereocenters. The molecule has 0 rings (SSSR count). The van der Waals surface area contributed by atoms with E-state index in [4.69, 9.17) is 14.2 Å². The van der Waals surface area contributed by atoms with Gasteiger partial charge in [0.05, 0.1) is 0 Å². The van der Waals surface area contributed by atoms with Gasteiger partial charge in [0.25, 0.3) is 0 Å². The van der Waals surface area contributed by atoms with Gasteiger partial charge in [0.1, 0.15) is 13.2 Å². The smallest absolute Gasteiger partial charge is 0.306 e. The zero-order valence-corrected chi connectivity index (χ0v) is 19.5. The molecule has 0 bridgehead atoms. The lowest BCUT2D eigenvalue weighted by Crippen LogP contribution is -2.30. The lowest BCUT2D eigenvalue weighted by Gasteiger charge is -2.17. The number of carbonyl (C=O) groups excluding carboxylic acids is 3. The Kier molecular flexibility index (Phi) is 19.3. The zero-order valence-electron chi connectivity index (χ0n) is 19.5. The van der Waals surface area contributed by atoms with Gasteiger partial charge in [-0.15, -0.1) is 0 Å². The van der Waals surface area contributed by atoms with Crippen LogP contribution in [0.25, 0.3) is 0 Å². The van der Waals surface area contributed by atoms with E-state index in [2.05, 4.69) is 43.4 Å². The molecular formula is C25H40O6. The van der Waals surface area contributed by atoms with Crippen LogP contribution < -0.4 is 0 Å². The highest BCUT2D eigenvalue weighted by Crippen LogP contribution is 2.09. The molecule has 0 unspecified atom stereocenters. The SMILES string of the molecule is CC/C=C/C/C=C/C/C=C/CCCCCCCC(=O)OC(COC(C)=O)COC(C)=O. The molecule has 0 aliphatic heterocycles. The zero-order chi connectivity index (χ0) is 23.2. The Labute approximate surface area is 187 Å². The molecule has 0 fully saturated rings. The van der Waals surface area contributed by atoms with Crippen LogP contribution in [0.1, 0.15) is 85.0 Å². The molecule has 0 aromatic rings. The lowest BCUT2D eigenvalue weighted by molar-refractivity contribution is -0.165. The van der Waals surface area contributed by atoms with Crippen molar-refractivity contribution in [3.63, 3.8) is 0 Å². The largest absolute Gasteiger partial charge is 0.462 e. The van der Waals surface area contributed by atoms with E-state index in [-0.39, 0.29) is 19.2 Å². The Morgan fingerprint density at radius 1 is 0.710 bits per heavy atom. The third-order valence-corrected chi connectivity index (χ3v) is 4.27. The minimum Gasteiger partial charge on any atom is -0.462 e. The first-order valence-corrected chi connectivity index (χ1v) is 11.4. The summed E-state index contributed by atoms with van der Waals surface area (Å²) in [5.74, 6) is -1.32. The van der Waals surface area contributed by atoms with E-state index in [1.165, 1.54) is 13.8 Å². The fourth-order valence-corrected chi connectivity index (χ4v) is 2.67. The molecule has 0 radical (unpaired) electrons. The molecule has 0 amide bonds. The van der Waals surface area contributed by atoms with Gasteiger partial charge in [-0.2, -0.15) is 0 Å². The molecule has 0 saturated carbocycles. The van der Waals surface area contributed by atoms with E-state index >= 15 is 0 Å². The van der Waals surface area contributed by atoms with Crippen molar-refractivity contribution in [3.8, 4) is 0 Å². The van der Waals surface area contributed by atoms with Gasteiger partial charge < -0.3 is 14.2 Å². The monoisotopic (exact) mass is 436 g/mol. The molecule has 6 nitrogen and oxygen atoms in total. The van der Waals surface area contributed by atoms with Crippen LogP contribution in [0.3, 0.4) is 0 Å². The molecule has 0 aromatic heterocycles. The van der Waals surface area contributed by atoms with Crippen LogP contribution in [-0.2, 0) is 28.6 Å². The van der Waals surface area contributed by atoms with Crippen LogP contribution in [0.4, 0.5) is 0 Å². The minimum atomic E-state index is -0.769. The van der Waals surface area contributed by atoms with Crippen LogP contribution in [0.5, 0.6) is 0 Å². The van der Waals surface area contributed by atoms with Crippen LogP contribution in [-0.4, -0.2) is 37.2 Å². The second-order valence-corrected chi connectivity index (χ2v) is 7.32. The summed E-state index contributed by atoms with van der Waals surface area (Å²) >= 11 is 0. The number of carbonyl (C=O) groups is 3. The molecule has 31 heavy (non-hydrogen) atoms. The number of esters is 3. The average molecular weight is 437 g/mol. The molecule has 0 aliphatic carbocycles. The second-order valence-electron chi connectivity index (χ2n) is 7.32. The summed E-state index contributed by atoms with van der Waals surface area (Å²) in [5.41, 5.74) is 0. The first kappa shape index (κ1) is 28.6. The topological polar surface area (TPSA) is 78.9 Å². The highest BCUT2D eigenvalue weighted by Gasteiger charge is 2.17. The van der Waals surface area contributed by atoms with E-state index < -0.39 is 18.0 Å². The summed E-state index contributed by atoms with van der Waals surface area (Å²) in [5, 5.41) is 0. The van der Waals surface area contributed by atoms with Gasteiger partial charge in [0.15, 0.2) is 6.10 Å². The lowest BCUT2D eigenvalue weighted by atomic mass is 10.1. The Morgan fingerprint density at radius 3 is 1.81 bits per heavy atom. The third-order valence-electron chi connectivity index (χ3n) is 4.27. The van der Waals surface area contributed by atoms with Gasteiger partial charge in [-0.05, 0) is 38.5 Å². The molecule has 0 aromatic carbocycles. The maximum absolute atomic E-state index is 12.0. The molecule has 0 spiro atoms. The van der Waals surface area contributed by atoms with Crippen LogP contribution in [0, 0.1) is 0 Å². The first-order valence-electron chi connectivity index (χ1n) is 11.4. The van der Waals surface area contributed by atoms with Crippen molar-refractivity contribution >= 4 is 17.9 Å². The highest BCUT2D eigenvalue weighted by molar-refractivity contribution is 5.70. The van der Waals surface area contributed by atoms with Crippen molar-refractivity contribution in [2.75, 3.05) is 13.2 Å². The van der Waals surface area contributed by atoms with Crippen LogP contribution in [0.15, 0.2) is 36.5 Å². The normalized spacial score (nSPS) is 11.6. The van der Waals surface area contributed by atoms with Crippen LogP contribution in [0.2, 0.25) is 0 Å². The molecule has 0 saturated heterocycles. The number of ether oxygens (including phenoxy) is 3. The van der Waals surface area contributed by atoms with Gasteiger partial charge in [-0.3, -0.25) is 14.4 Å². The molecule has 0 aliphatic rings. The highest BCUT2D eigenvalue weighted by atomic mass is 16.6. The van der Waals surface area contributed by atoms with Crippen molar-refractivity contribution in [3.05, 3.63) is 36.5 Å². The van der Waals surface area contributed by atoms with Crippen molar-refractivity contribution in [2.45, 2.75) is 91.1 Å². The van der Waals surface area contributed by atoms with Crippen molar-refractivity contribution < 1.29 is 28.6 Å². The fraction of sp³-hybridized carbons (Fsp3) is 0.640. The third kappa shape index (κ3) is 22.1. The number of unbranched alkanes of at least 4 members (excludes halogenated alkanes) is 5. The van der Waals surface area contributed by atoms with E-state index in [0.717, 1.165) is 57.8 Å². The Balaban J connectivity index is 3.75. The van der Waals surface area contributed by atoms with Gasteiger partial charge in [-0.25, -0.2) is 0 Å². The number of allylic oxidation sites excluding steroid dienone is 6. The van der Waals surface area contributed by atoms with Gasteiger partial charge in [0, 0.05) is 20.3 Å². The number of hydrogen-bond donors (Lipinski definition) is 0. The predicted octanol–water partition coefficient (Wildman–Crippen LogP) is 5.61. The van der Waals surface area contributed by atoms with E-state index in [0.29, 0.717) is 6.42 Å². The Morgan fingerprint density at radius 2 is 1.23 bits per heavy atom. The molecular weight excluding hydrogens is 396 g/mol. The van der Waals surface area contributed by atoms with E-state index in [9.17, 15) is 14.4 Å². The maximum Gasteiger partial charge on any atom is 0.306 e. The fourth-order valence-electron chi connectivity index (χ4n) is 2.67. The number of rotatable bonds is 18. The minimum absolute atomic E-state index is 0.117. The Hall–Kier alpha value is -2.37. The van der Waals surface area contributed by atoms with Gasteiger partial charge >= 0.3 is 17.9 Å². The summed E-state index contributed by atoms with van der Waals surface area (Å²) in [6, 6.07) is 0. The number of hydrogen-bond acceptors (Lipinski definition) is 6. The first-order chi connectivity index (χ1) is 15.0. The Bertz CT molecular complexity index is 559. The molecule has 176 valence electrons. The standard InChI is InChI=1S/C25H40O6/c1-4-5-6-7-8-9-10-11-12-13-14-15-16-17-18-19-25(28)31-24(20-29-22(2)26)21-30-23(3)27/h5-6,8-9,11-12,24H,4,7,10,13-21H2,1-3H3/b6-5+,9-8+,12-11+. The summed E-state index contributed by atoms with van der Waals surface area (Å²) in [6.45, 7) is 4.44. The predicted molar refractivity (Wildman–Crippen MR) is 122 cm³/mol. The maximum atomic E-state index is 12.0. The summed E-state index contributed by atoms with van der Waals surface area (Å²) in [7, 11) is 0. The summed E-state index contributed by atoms with van der Waals surface area (Å²) < 4.78 is 15.0. The molecule has 0 heterocycles. The average Bonchev–Trinajstić information content (AvgIpc) is 2.72. The summed E-state index contributed by atoms with van der Waals surface area (Å²) in [6.07, 6.45) is 22.0.